The molecule has 2 N–H and O–H groups in total. The van der Waals surface area contributed by atoms with Crippen LogP contribution in [0.2, 0.25) is 0 Å². The first kappa shape index (κ1) is 30.1. The molecule has 3 heterocycles. The van der Waals surface area contributed by atoms with E-state index in [0.29, 0.717) is 61.8 Å². The molecule has 4 aliphatic carbocycles. The number of hydrogen-bond acceptors (Lipinski definition) is 7. The third-order valence-corrected chi connectivity index (χ3v) is 10.4. The van der Waals surface area contributed by atoms with Gasteiger partial charge in [0.25, 0.3) is 5.91 Å². The zero-order chi connectivity index (χ0) is 31.9. The molecular weight excluding hydrogens is 610 g/mol. The fourth-order valence-corrected chi connectivity index (χ4v) is 8.70. The molecule has 4 bridgehead atoms. The van der Waals surface area contributed by atoms with Crippen LogP contribution in [0.4, 0.5) is 38.0 Å². The van der Waals surface area contributed by atoms with Gasteiger partial charge in [-0.2, -0.15) is 26.3 Å². The zero-order valence-electron chi connectivity index (χ0n) is 23.9. The highest BCUT2D eigenvalue weighted by Crippen LogP contribution is 2.58. The zero-order valence-corrected chi connectivity index (χ0v) is 23.9. The van der Waals surface area contributed by atoms with Crippen molar-refractivity contribution in [2.75, 3.05) is 31.3 Å². The number of carboxylic acids is 1. The lowest BCUT2D eigenvalue weighted by atomic mass is 9.48. The van der Waals surface area contributed by atoms with Gasteiger partial charge in [-0.25, -0.2) is 14.8 Å². The fraction of sp³-hybridized carbons (Fsp3) is 0.600. The monoisotopic (exact) mass is 640 g/mol. The first-order valence-electron chi connectivity index (χ1n) is 14.9. The SMILES string of the molecule is O=C(NC1(C(=O)O)C2CC3CC(C2)CC1C3)c1cnc(N2CC3(CCOC3)c3cc(OCC(F)(F)F)ccc32)nc1C(F)(F)F. The van der Waals surface area contributed by atoms with Gasteiger partial charge in [-0.1, -0.05) is 0 Å². The van der Waals surface area contributed by atoms with Crippen molar-refractivity contribution in [3.8, 4) is 5.75 Å². The molecule has 15 heteroatoms. The van der Waals surface area contributed by atoms with Gasteiger partial charge in [-0.05, 0) is 86.0 Å². The Labute approximate surface area is 253 Å². The number of aliphatic carboxylic acids is 1. The lowest BCUT2D eigenvalue weighted by Gasteiger charge is -2.59. The lowest BCUT2D eigenvalue weighted by molar-refractivity contribution is -0.163. The third-order valence-electron chi connectivity index (χ3n) is 10.4. The van der Waals surface area contributed by atoms with E-state index >= 15 is 0 Å². The first-order chi connectivity index (χ1) is 21.2. The van der Waals surface area contributed by atoms with Crippen LogP contribution in [0.5, 0.6) is 5.75 Å². The summed E-state index contributed by atoms with van der Waals surface area (Å²) in [5.74, 6) is -2.90. The van der Waals surface area contributed by atoms with Gasteiger partial charge in [-0.3, -0.25) is 4.79 Å². The molecule has 1 aromatic heterocycles. The number of hydrogen-bond donors (Lipinski definition) is 2. The number of ether oxygens (including phenoxy) is 2. The van der Waals surface area contributed by atoms with E-state index in [1.54, 1.807) is 0 Å². The highest BCUT2D eigenvalue weighted by atomic mass is 19.4. The predicted octanol–water partition coefficient (Wildman–Crippen LogP) is 5.26. The maximum absolute atomic E-state index is 14.5. The quantitative estimate of drug-likeness (QED) is 0.412. The number of nitrogens with zero attached hydrogens (tertiary/aromatic N) is 3. The summed E-state index contributed by atoms with van der Waals surface area (Å²) in [4.78, 5) is 35.6. The van der Waals surface area contributed by atoms with E-state index in [1.165, 1.54) is 23.1 Å². The number of halogens is 6. The Kier molecular flexibility index (Phi) is 6.81. The number of fused-ring (bicyclic) bond motifs is 2. The number of rotatable bonds is 6. The molecule has 0 radical (unpaired) electrons. The van der Waals surface area contributed by atoms with Crippen molar-refractivity contribution in [1.29, 1.82) is 0 Å². The van der Waals surface area contributed by atoms with Gasteiger partial charge in [0.15, 0.2) is 12.3 Å². The van der Waals surface area contributed by atoms with Crippen molar-refractivity contribution in [1.82, 2.24) is 15.3 Å². The Hall–Kier alpha value is -3.62. The second kappa shape index (κ2) is 10.2. The molecule has 45 heavy (non-hydrogen) atoms. The topological polar surface area (TPSA) is 114 Å². The molecule has 2 aliphatic heterocycles. The predicted molar refractivity (Wildman–Crippen MR) is 144 cm³/mol. The van der Waals surface area contributed by atoms with Gasteiger partial charge in [0.2, 0.25) is 5.95 Å². The smallest absolute Gasteiger partial charge is 0.434 e. The third kappa shape index (κ3) is 4.97. The average Bonchev–Trinajstić information content (AvgIpc) is 3.57. The Balaban J connectivity index is 1.22. The van der Waals surface area contributed by atoms with Crippen LogP contribution in [0.25, 0.3) is 0 Å². The summed E-state index contributed by atoms with van der Waals surface area (Å²) < 4.78 is 92.3. The van der Waals surface area contributed by atoms with Crippen molar-refractivity contribution < 1.29 is 50.5 Å². The Morgan fingerprint density at radius 2 is 1.76 bits per heavy atom. The molecule has 1 spiro atoms. The summed E-state index contributed by atoms with van der Waals surface area (Å²) in [5.41, 5.74) is -3.90. The second-order valence-electron chi connectivity index (χ2n) is 13.1. The number of amides is 1. The summed E-state index contributed by atoms with van der Waals surface area (Å²) in [6, 6.07) is 4.15. The van der Waals surface area contributed by atoms with Crippen LogP contribution in [0, 0.1) is 23.7 Å². The van der Waals surface area contributed by atoms with Crippen molar-refractivity contribution in [3.63, 3.8) is 0 Å². The van der Waals surface area contributed by atoms with E-state index < -0.39 is 53.0 Å². The number of carbonyl (C=O) groups is 2. The van der Waals surface area contributed by atoms with Gasteiger partial charge in [-0.15, -0.1) is 0 Å². The minimum absolute atomic E-state index is 0.0553. The van der Waals surface area contributed by atoms with Crippen LogP contribution in [0.15, 0.2) is 24.4 Å². The summed E-state index contributed by atoms with van der Waals surface area (Å²) >= 11 is 0. The maximum Gasteiger partial charge on any atom is 0.434 e. The first-order valence-corrected chi connectivity index (χ1v) is 14.9. The van der Waals surface area contributed by atoms with E-state index in [-0.39, 0.29) is 36.7 Å². The van der Waals surface area contributed by atoms with Crippen LogP contribution in [0.3, 0.4) is 0 Å². The number of carboxylic acid groups (broad SMARTS) is 1. The molecule has 242 valence electrons. The molecule has 9 nitrogen and oxygen atoms in total. The van der Waals surface area contributed by atoms with Crippen molar-refractivity contribution in [2.45, 2.75) is 61.8 Å². The molecule has 1 amide bonds. The second-order valence-corrected chi connectivity index (χ2v) is 13.1. The standard InChI is InChI=1S/C30H30F6N4O5/c31-28(32,33)14-45-19-1-2-22-21(10-19)27(3-4-44-13-27)12-40(22)26-37-11-20(23(38-26)30(34,35)36)24(41)39-29(25(42)43)17-6-15-5-16(8-17)9-18(29)7-15/h1-2,10-11,15-18H,3-9,12-14H2,(H,39,41)(H,42,43). The van der Waals surface area contributed by atoms with Crippen LogP contribution in [-0.4, -0.2) is 65.0 Å². The van der Waals surface area contributed by atoms with E-state index in [4.69, 9.17) is 9.47 Å². The van der Waals surface area contributed by atoms with Crippen molar-refractivity contribution in [2.24, 2.45) is 23.7 Å². The van der Waals surface area contributed by atoms with Crippen molar-refractivity contribution in [3.05, 3.63) is 41.2 Å². The van der Waals surface area contributed by atoms with Gasteiger partial charge in [0, 0.05) is 30.5 Å². The summed E-state index contributed by atoms with van der Waals surface area (Å²) in [5, 5.41) is 12.9. The molecule has 1 aromatic carbocycles. The van der Waals surface area contributed by atoms with E-state index in [1.807, 2.05) is 0 Å². The minimum atomic E-state index is -5.09. The van der Waals surface area contributed by atoms with Gasteiger partial charge >= 0.3 is 18.3 Å². The molecule has 2 aromatic rings. The maximum atomic E-state index is 14.5. The number of benzene rings is 1. The number of anilines is 2. The summed E-state index contributed by atoms with van der Waals surface area (Å²) in [7, 11) is 0. The number of nitrogens with one attached hydrogen (secondary N) is 1. The number of alkyl halides is 6. The molecule has 5 fully saturated rings. The van der Waals surface area contributed by atoms with E-state index in [2.05, 4.69) is 15.3 Å². The van der Waals surface area contributed by atoms with Crippen LogP contribution in [0.1, 0.15) is 60.1 Å². The molecule has 4 saturated carbocycles. The van der Waals surface area contributed by atoms with Gasteiger partial charge < -0.3 is 24.8 Å². The largest absolute Gasteiger partial charge is 0.484 e. The Morgan fingerprint density at radius 1 is 1.07 bits per heavy atom. The van der Waals surface area contributed by atoms with Crippen LogP contribution < -0.4 is 15.0 Å². The molecular formula is C30H30F6N4O5. The average molecular weight is 641 g/mol. The highest BCUT2D eigenvalue weighted by Gasteiger charge is 2.62. The lowest BCUT2D eigenvalue weighted by Crippen LogP contribution is -2.70. The Morgan fingerprint density at radius 3 is 2.33 bits per heavy atom. The summed E-state index contributed by atoms with van der Waals surface area (Å²) in [6.45, 7) is -0.912. The molecule has 8 rings (SSSR count). The minimum Gasteiger partial charge on any atom is -0.484 e. The molecule has 6 aliphatic rings. The van der Waals surface area contributed by atoms with E-state index in [9.17, 15) is 41.0 Å². The normalized spacial score (nSPS) is 31.8. The highest BCUT2D eigenvalue weighted by molar-refractivity contribution is 5.99. The van der Waals surface area contributed by atoms with E-state index in [0.717, 1.165) is 12.6 Å². The molecule has 1 saturated heterocycles. The molecule has 1 atom stereocenters. The van der Waals surface area contributed by atoms with Crippen LogP contribution >= 0.6 is 0 Å². The molecule has 1 unspecified atom stereocenters. The fourth-order valence-electron chi connectivity index (χ4n) is 8.70. The van der Waals surface area contributed by atoms with Crippen LogP contribution in [-0.2, 0) is 21.1 Å². The van der Waals surface area contributed by atoms with Gasteiger partial charge in [0.1, 0.15) is 11.3 Å². The van der Waals surface area contributed by atoms with Crippen molar-refractivity contribution >= 4 is 23.5 Å². The number of carbonyl (C=O) groups excluding carboxylic acids is 1. The number of aromatic nitrogens is 2. The summed E-state index contributed by atoms with van der Waals surface area (Å²) in [6.07, 6.45) is -5.01. The Bertz CT molecular complexity index is 1510. The van der Waals surface area contributed by atoms with Gasteiger partial charge in [0.05, 0.1) is 12.2 Å².